The summed E-state index contributed by atoms with van der Waals surface area (Å²) < 4.78 is 5.34. The molecule has 2 aromatic carbocycles. The number of aryl methyl sites for hydroxylation is 1. The van der Waals surface area contributed by atoms with E-state index in [4.69, 9.17) is 4.74 Å². The average Bonchev–Trinajstić information content (AvgIpc) is 2.72. The monoisotopic (exact) mass is 348 g/mol. The van der Waals surface area contributed by atoms with Crippen LogP contribution in [0.25, 0.3) is 0 Å². The predicted molar refractivity (Wildman–Crippen MR) is 105 cm³/mol. The highest BCUT2D eigenvalue weighted by Crippen LogP contribution is 2.40. The van der Waals surface area contributed by atoms with E-state index >= 15 is 0 Å². The van der Waals surface area contributed by atoms with Crippen LogP contribution in [0.4, 0.5) is 0 Å². The van der Waals surface area contributed by atoms with Crippen LogP contribution in [0.5, 0.6) is 5.75 Å². The number of benzene rings is 2. The molecule has 0 unspecified atom stereocenters. The van der Waals surface area contributed by atoms with Gasteiger partial charge in [0.25, 0.3) is 0 Å². The maximum Gasteiger partial charge on any atom is 0.119 e. The SMILES string of the molecule is COc1cccc(C2(C#N)CCC(NCCCc3ccccc3)CC2)c1. The van der Waals surface area contributed by atoms with Gasteiger partial charge < -0.3 is 10.1 Å². The molecule has 0 amide bonds. The molecule has 0 heterocycles. The first-order chi connectivity index (χ1) is 12.8. The summed E-state index contributed by atoms with van der Waals surface area (Å²) in [5.74, 6) is 0.832. The van der Waals surface area contributed by atoms with Crippen LogP contribution in [0.3, 0.4) is 0 Å². The van der Waals surface area contributed by atoms with Gasteiger partial charge in [0.2, 0.25) is 0 Å². The molecule has 0 atom stereocenters. The molecule has 0 radical (unpaired) electrons. The molecule has 136 valence electrons. The van der Waals surface area contributed by atoms with Crippen LogP contribution in [0.15, 0.2) is 54.6 Å². The number of hydrogen-bond acceptors (Lipinski definition) is 3. The van der Waals surface area contributed by atoms with E-state index in [2.05, 4.69) is 47.8 Å². The summed E-state index contributed by atoms with van der Waals surface area (Å²) in [6.45, 7) is 1.04. The minimum atomic E-state index is -0.364. The van der Waals surface area contributed by atoms with E-state index in [0.29, 0.717) is 6.04 Å². The van der Waals surface area contributed by atoms with Gasteiger partial charge in [0.15, 0.2) is 0 Å². The second kappa shape index (κ2) is 8.87. The quantitative estimate of drug-likeness (QED) is 0.743. The van der Waals surface area contributed by atoms with Crippen molar-refractivity contribution in [1.82, 2.24) is 5.32 Å². The van der Waals surface area contributed by atoms with E-state index < -0.39 is 0 Å². The van der Waals surface area contributed by atoms with Gasteiger partial charge in [-0.3, -0.25) is 0 Å². The number of rotatable bonds is 7. The van der Waals surface area contributed by atoms with E-state index in [9.17, 15) is 5.26 Å². The zero-order chi connectivity index (χ0) is 18.2. The summed E-state index contributed by atoms with van der Waals surface area (Å²) in [4.78, 5) is 0. The maximum atomic E-state index is 9.87. The van der Waals surface area contributed by atoms with Gasteiger partial charge in [-0.05, 0) is 68.3 Å². The lowest BCUT2D eigenvalue weighted by atomic mass is 9.69. The van der Waals surface area contributed by atoms with Crippen molar-refractivity contribution in [3.8, 4) is 11.8 Å². The first-order valence-corrected chi connectivity index (χ1v) is 9.59. The van der Waals surface area contributed by atoms with Gasteiger partial charge >= 0.3 is 0 Å². The maximum absolute atomic E-state index is 9.87. The topological polar surface area (TPSA) is 45.0 Å². The highest BCUT2D eigenvalue weighted by atomic mass is 16.5. The number of methoxy groups -OCH3 is 1. The lowest BCUT2D eigenvalue weighted by Gasteiger charge is -2.36. The van der Waals surface area contributed by atoms with E-state index in [1.165, 1.54) is 5.56 Å². The molecule has 0 aromatic heterocycles. The van der Waals surface area contributed by atoms with Crippen molar-refractivity contribution in [3.63, 3.8) is 0 Å². The molecule has 0 saturated heterocycles. The molecule has 1 fully saturated rings. The smallest absolute Gasteiger partial charge is 0.119 e. The third-order valence-electron chi connectivity index (χ3n) is 5.59. The minimum Gasteiger partial charge on any atom is -0.497 e. The Hall–Kier alpha value is -2.31. The number of hydrogen-bond donors (Lipinski definition) is 1. The summed E-state index contributed by atoms with van der Waals surface area (Å²) in [6, 6.07) is 21.8. The molecule has 2 aromatic rings. The van der Waals surface area contributed by atoms with Crippen LogP contribution < -0.4 is 10.1 Å². The highest BCUT2D eigenvalue weighted by Gasteiger charge is 2.37. The second-order valence-corrected chi connectivity index (χ2v) is 7.24. The van der Waals surface area contributed by atoms with Crippen LogP contribution in [-0.4, -0.2) is 19.7 Å². The van der Waals surface area contributed by atoms with Crippen molar-refractivity contribution >= 4 is 0 Å². The first-order valence-electron chi connectivity index (χ1n) is 9.59. The summed E-state index contributed by atoms with van der Waals surface area (Å²) in [6.07, 6.45) is 6.19. The Kier molecular flexibility index (Phi) is 6.30. The Morgan fingerprint density at radius 2 is 1.88 bits per heavy atom. The fraction of sp³-hybridized carbons (Fsp3) is 0.435. The van der Waals surface area contributed by atoms with E-state index in [1.807, 2.05) is 18.2 Å². The predicted octanol–water partition coefficient (Wildman–Crippen LogP) is 4.62. The normalized spacial score (nSPS) is 22.5. The van der Waals surface area contributed by atoms with Gasteiger partial charge in [0.1, 0.15) is 5.75 Å². The van der Waals surface area contributed by atoms with Crippen molar-refractivity contribution < 1.29 is 4.74 Å². The van der Waals surface area contributed by atoms with Crippen molar-refractivity contribution in [2.75, 3.05) is 13.7 Å². The largest absolute Gasteiger partial charge is 0.497 e. The zero-order valence-electron chi connectivity index (χ0n) is 15.6. The van der Waals surface area contributed by atoms with Gasteiger partial charge in [0.05, 0.1) is 18.6 Å². The molecule has 3 rings (SSSR count). The third kappa shape index (κ3) is 4.45. The number of nitriles is 1. The number of ether oxygens (including phenoxy) is 1. The van der Waals surface area contributed by atoms with E-state index in [-0.39, 0.29) is 5.41 Å². The van der Waals surface area contributed by atoms with E-state index in [0.717, 1.165) is 56.4 Å². The minimum absolute atomic E-state index is 0.364. The van der Waals surface area contributed by atoms with Gasteiger partial charge in [0, 0.05) is 6.04 Å². The Bertz CT molecular complexity index is 727. The van der Waals surface area contributed by atoms with Crippen molar-refractivity contribution in [3.05, 3.63) is 65.7 Å². The van der Waals surface area contributed by atoms with Crippen LogP contribution in [0, 0.1) is 11.3 Å². The van der Waals surface area contributed by atoms with Crippen LogP contribution in [-0.2, 0) is 11.8 Å². The Balaban J connectivity index is 1.48. The molecule has 3 heteroatoms. The Morgan fingerprint density at radius 3 is 2.58 bits per heavy atom. The van der Waals surface area contributed by atoms with Crippen LogP contribution in [0.1, 0.15) is 43.2 Å². The lowest BCUT2D eigenvalue weighted by Crippen LogP contribution is -2.39. The number of nitrogens with zero attached hydrogens (tertiary/aromatic N) is 1. The standard InChI is InChI=1S/C23H28N2O/c1-26-22-11-5-10-20(17-22)23(18-24)14-12-21(13-15-23)25-16-6-9-19-7-3-2-4-8-19/h2-5,7-8,10-11,17,21,25H,6,9,12-16H2,1H3. The summed E-state index contributed by atoms with van der Waals surface area (Å²) in [5.41, 5.74) is 2.14. The molecular formula is C23H28N2O. The van der Waals surface area contributed by atoms with Gasteiger partial charge in [-0.25, -0.2) is 0 Å². The second-order valence-electron chi connectivity index (χ2n) is 7.24. The van der Waals surface area contributed by atoms with E-state index in [1.54, 1.807) is 7.11 Å². The van der Waals surface area contributed by atoms with Crippen LogP contribution >= 0.6 is 0 Å². The Labute approximate surface area is 157 Å². The molecular weight excluding hydrogens is 320 g/mol. The van der Waals surface area contributed by atoms with Crippen molar-refractivity contribution in [2.24, 2.45) is 0 Å². The summed E-state index contributed by atoms with van der Waals surface area (Å²) >= 11 is 0. The fourth-order valence-corrected chi connectivity index (χ4v) is 3.94. The molecule has 3 nitrogen and oxygen atoms in total. The zero-order valence-corrected chi connectivity index (χ0v) is 15.6. The molecule has 0 spiro atoms. The third-order valence-corrected chi connectivity index (χ3v) is 5.59. The molecule has 1 aliphatic carbocycles. The first kappa shape index (κ1) is 18.5. The molecule has 0 aliphatic heterocycles. The highest BCUT2D eigenvalue weighted by molar-refractivity contribution is 5.38. The molecule has 26 heavy (non-hydrogen) atoms. The van der Waals surface area contributed by atoms with Gasteiger partial charge in [-0.2, -0.15) is 5.26 Å². The van der Waals surface area contributed by atoms with Gasteiger partial charge in [-0.1, -0.05) is 42.5 Å². The van der Waals surface area contributed by atoms with Crippen molar-refractivity contribution in [1.29, 1.82) is 5.26 Å². The molecule has 1 aliphatic rings. The lowest BCUT2D eigenvalue weighted by molar-refractivity contribution is 0.294. The average molecular weight is 348 g/mol. The molecule has 1 saturated carbocycles. The van der Waals surface area contributed by atoms with Gasteiger partial charge in [-0.15, -0.1) is 0 Å². The summed E-state index contributed by atoms with van der Waals surface area (Å²) in [5, 5.41) is 13.6. The Morgan fingerprint density at radius 1 is 1.12 bits per heavy atom. The van der Waals surface area contributed by atoms with Crippen molar-refractivity contribution in [2.45, 2.75) is 50.0 Å². The van der Waals surface area contributed by atoms with Crippen LogP contribution in [0.2, 0.25) is 0 Å². The molecule has 1 N–H and O–H groups in total. The molecule has 0 bridgehead atoms. The summed E-state index contributed by atoms with van der Waals surface area (Å²) in [7, 11) is 1.68. The number of nitrogens with one attached hydrogen (secondary N) is 1. The fourth-order valence-electron chi connectivity index (χ4n) is 3.94.